The van der Waals surface area contributed by atoms with Crippen LogP contribution in [0.25, 0.3) is 0 Å². The molecule has 22 heavy (non-hydrogen) atoms. The fourth-order valence-corrected chi connectivity index (χ4v) is 3.36. The van der Waals surface area contributed by atoms with E-state index in [9.17, 15) is 9.59 Å². The molecule has 2 aliphatic heterocycles. The van der Waals surface area contributed by atoms with Gasteiger partial charge in [-0.25, -0.2) is 0 Å². The van der Waals surface area contributed by atoms with Gasteiger partial charge >= 0.3 is 0 Å². The molecule has 2 atom stereocenters. The summed E-state index contributed by atoms with van der Waals surface area (Å²) < 4.78 is 5.72. The van der Waals surface area contributed by atoms with Gasteiger partial charge in [0.2, 0.25) is 11.8 Å². The highest BCUT2D eigenvalue weighted by Gasteiger charge is 2.47. The topological polar surface area (TPSA) is 49.9 Å². The molecule has 0 aliphatic carbocycles. The van der Waals surface area contributed by atoms with Crippen LogP contribution in [0.1, 0.15) is 25.3 Å². The van der Waals surface area contributed by atoms with Crippen LogP contribution in [0.2, 0.25) is 0 Å². The number of benzene rings is 1. The lowest BCUT2D eigenvalue weighted by molar-refractivity contribution is -0.162. The van der Waals surface area contributed by atoms with Crippen molar-refractivity contribution >= 4 is 11.8 Å². The van der Waals surface area contributed by atoms with E-state index >= 15 is 0 Å². The molecule has 2 fully saturated rings. The second-order valence-corrected chi connectivity index (χ2v) is 5.83. The van der Waals surface area contributed by atoms with Gasteiger partial charge in [0.15, 0.2) is 0 Å². The number of amides is 2. The monoisotopic (exact) mass is 302 g/mol. The van der Waals surface area contributed by atoms with E-state index in [1.807, 2.05) is 37.3 Å². The highest BCUT2D eigenvalue weighted by Crippen LogP contribution is 2.27. The molecule has 118 valence electrons. The quantitative estimate of drug-likeness (QED) is 0.826. The third kappa shape index (κ3) is 2.73. The van der Waals surface area contributed by atoms with Crippen molar-refractivity contribution in [1.82, 2.24) is 9.80 Å². The average molecular weight is 302 g/mol. The van der Waals surface area contributed by atoms with Gasteiger partial charge in [-0.3, -0.25) is 9.59 Å². The minimum absolute atomic E-state index is 0.0389. The van der Waals surface area contributed by atoms with Crippen LogP contribution >= 0.6 is 0 Å². The Kier molecular flexibility index (Phi) is 4.43. The molecule has 0 bridgehead atoms. The number of fused-ring (bicyclic) bond motifs is 1. The van der Waals surface area contributed by atoms with Crippen molar-refractivity contribution in [3.8, 4) is 0 Å². The Bertz CT molecular complexity index is 546. The largest absolute Gasteiger partial charge is 0.374 e. The van der Waals surface area contributed by atoms with Crippen LogP contribution in [0.5, 0.6) is 0 Å². The van der Waals surface area contributed by atoms with Crippen LogP contribution in [-0.4, -0.2) is 53.4 Å². The number of piperazine rings is 1. The molecule has 1 aromatic rings. The van der Waals surface area contributed by atoms with Crippen LogP contribution in [0.4, 0.5) is 0 Å². The van der Waals surface area contributed by atoms with E-state index in [4.69, 9.17) is 4.74 Å². The Morgan fingerprint density at radius 3 is 2.68 bits per heavy atom. The summed E-state index contributed by atoms with van der Waals surface area (Å²) >= 11 is 0. The first-order valence-electron chi connectivity index (χ1n) is 7.95. The van der Waals surface area contributed by atoms with Gasteiger partial charge in [-0.05, 0) is 25.3 Å². The minimum atomic E-state index is -0.476. The predicted octanol–water partition coefficient (Wildman–Crippen LogP) is 1.42. The second-order valence-electron chi connectivity index (χ2n) is 5.83. The summed E-state index contributed by atoms with van der Waals surface area (Å²) in [6, 6.07) is 9.14. The zero-order chi connectivity index (χ0) is 15.5. The molecule has 0 saturated carbocycles. The smallest absolute Gasteiger partial charge is 0.248 e. The number of hydrogen-bond donors (Lipinski definition) is 0. The van der Waals surface area contributed by atoms with E-state index in [1.54, 1.807) is 9.80 Å². The Morgan fingerprint density at radius 1 is 1.18 bits per heavy atom. The summed E-state index contributed by atoms with van der Waals surface area (Å²) in [7, 11) is 0. The summed E-state index contributed by atoms with van der Waals surface area (Å²) in [6.45, 7) is 3.88. The van der Waals surface area contributed by atoms with Crippen molar-refractivity contribution in [3.05, 3.63) is 35.9 Å². The van der Waals surface area contributed by atoms with Crippen LogP contribution in [0.15, 0.2) is 30.3 Å². The molecule has 2 amide bonds. The Labute approximate surface area is 130 Å². The summed E-state index contributed by atoms with van der Waals surface area (Å²) in [6.07, 6.45) is 1.70. The van der Waals surface area contributed by atoms with E-state index < -0.39 is 6.04 Å². The maximum Gasteiger partial charge on any atom is 0.248 e. The molecule has 2 aliphatic rings. The number of ether oxygens (including phenoxy) is 1. The van der Waals surface area contributed by atoms with Gasteiger partial charge in [0.05, 0.1) is 13.2 Å². The third-order valence-corrected chi connectivity index (χ3v) is 4.49. The number of carbonyl (C=O) groups is 2. The fraction of sp³-hybridized carbons (Fsp3) is 0.529. The zero-order valence-corrected chi connectivity index (χ0v) is 12.9. The Morgan fingerprint density at radius 2 is 1.95 bits per heavy atom. The van der Waals surface area contributed by atoms with Crippen molar-refractivity contribution in [1.29, 1.82) is 0 Å². The van der Waals surface area contributed by atoms with Crippen LogP contribution in [0.3, 0.4) is 0 Å². The lowest BCUT2D eigenvalue weighted by atomic mass is 10.1. The van der Waals surface area contributed by atoms with Gasteiger partial charge < -0.3 is 14.5 Å². The standard InChI is InChI=1S/C17H22N2O3/c1-2-18-15(12-22-11-13-7-4-3-5-8-13)17(21)19-10-6-9-14(19)16(18)20/h3-5,7-8,14-15H,2,6,9-12H2,1H3/t14-,15-/m0/s1. The normalized spacial score (nSPS) is 24.8. The van der Waals surface area contributed by atoms with E-state index in [0.29, 0.717) is 19.7 Å². The summed E-state index contributed by atoms with van der Waals surface area (Å²) in [4.78, 5) is 28.5. The molecule has 5 nitrogen and oxygen atoms in total. The lowest BCUT2D eigenvalue weighted by Gasteiger charge is -2.41. The van der Waals surface area contributed by atoms with Crippen LogP contribution < -0.4 is 0 Å². The van der Waals surface area contributed by atoms with E-state index in [1.165, 1.54) is 0 Å². The van der Waals surface area contributed by atoms with Gasteiger partial charge in [0, 0.05) is 13.1 Å². The molecule has 3 rings (SSSR count). The van der Waals surface area contributed by atoms with E-state index in [2.05, 4.69) is 0 Å². The molecule has 0 spiro atoms. The average Bonchev–Trinajstić information content (AvgIpc) is 3.03. The highest BCUT2D eigenvalue weighted by atomic mass is 16.5. The second kappa shape index (κ2) is 6.48. The number of carbonyl (C=O) groups excluding carboxylic acids is 2. The highest BCUT2D eigenvalue weighted by molar-refractivity contribution is 5.97. The van der Waals surface area contributed by atoms with Crippen molar-refractivity contribution in [3.63, 3.8) is 0 Å². The maximum atomic E-state index is 12.6. The van der Waals surface area contributed by atoms with Crippen molar-refractivity contribution in [2.45, 2.75) is 38.5 Å². The first kappa shape index (κ1) is 15.0. The number of likely N-dealkylation sites (N-methyl/N-ethyl adjacent to an activating group) is 1. The summed E-state index contributed by atoms with van der Waals surface area (Å²) in [5, 5.41) is 0. The zero-order valence-electron chi connectivity index (χ0n) is 12.9. The van der Waals surface area contributed by atoms with Crippen LogP contribution in [0, 0.1) is 0 Å². The van der Waals surface area contributed by atoms with Crippen molar-refractivity contribution in [2.75, 3.05) is 19.7 Å². The predicted molar refractivity (Wildman–Crippen MR) is 82.0 cm³/mol. The molecule has 0 aromatic heterocycles. The summed E-state index contributed by atoms with van der Waals surface area (Å²) in [5.74, 6) is 0.116. The molecule has 1 aromatic carbocycles. The molecule has 2 saturated heterocycles. The van der Waals surface area contributed by atoms with E-state index in [0.717, 1.165) is 18.4 Å². The minimum Gasteiger partial charge on any atom is -0.374 e. The molecule has 5 heteroatoms. The molecule has 0 radical (unpaired) electrons. The first-order valence-corrected chi connectivity index (χ1v) is 7.95. The lowest BCUT2D eigenvalue weighted by Crippen LogP contribution is -2.63. The molecule has 2 heterocycles. The molecule has 0 unspecified atom stereocenters. The maximum absolute atomic E-state index is 12.6. The van der Waals surface area contributed by atoms with Gasteiger partial charge in [-0.2, -0.15) is 0 Å². The van der Waals surface area contributed by atoms with Crippen LogP contribution in [-0.2, 0) is 20.9 Å². The third-order valence-electron chi connectivity index (χ3n) is 4.49. The van der Waals surface area contributed by atoms with Gasteiger partial charge in [0.1, 0.15) is 12.1 Å². The fourth-order valence-electron chi connectivity index (χ4n) is 3.36. The molecule has 0 N–H and O–H groups in total. The van der Waals surface area contributed by atoms with Gasteiger partial charge in [-0.15, -0.1) is 0 Å². The SMILES string of the molecule is CCN1C(=O)[C@@H]2CCCN2C(=O)[C@@H]1COCc1ccccc1. The van der Waals surface area contributed by atoms with E-state index in [-0.39, 0.29) is 24.5 Å². The van der Waals surface area contributed by atoms with Gasteiger partial charge in [0.25, 0.3) is 0 Å². The van der Waals surface area contributed by atoms with Gasteiger partial charge in [-0.1, -0.05) is 30.3 Å². The molecular formula is C17H22N2O3. The Balaban J connectivity index is 1.65. The Hall–Kier alpha value is -1.88. The molecular weight excluding hydrogens is 280 g/mol. The van der Waals surface area contributed by atoms with Crippen molar-refractivity contribution in [2.24, 2.45) is 0 Å². The summed E-state index contributed by atoms with van der Waals surface area (Å²) in [5.41, 5.74) is 1.07. The first-order chi connectivity index (χ1) is 10.7. The number of rotatable bonds is 5. The number of nitrogens with zero attached hydrogens (tertiary/aromatic N) is 2. The van der Waals surface area contributed by atoms with Crippen molar-refractivity contribution < 1.29 is 14.3 Å². The number of hydrogen-bond acceptors (Lipinski definition) is 3.